The zero-order valence-corrected chi connectivity index (χ0v) is 7.72. The highest BCUT2D eigenvalue weighted by Gasteiger charge is 2.35. The molecule has 0 radical (unpaired) electrons. The number of hydroxylamine groups is 2. The number of carbonyl (C=O) groups excluding carboxylic acids is 1. The Balaban J connectivity index is 4.36. The van der Waals surface area contributed by atoms with Crippen molar-refractivity contribution in [3.63, 3.8) is 0 Å². The van der Waals surface area contributed by atoms with Gasteiger partial charge < -0.3 is 15.0 Å². The number of esters is 1. The third kappa shape index (κ3) is 2.32. The lowest BCUT2D eigenvalue weighted by Crippen LogP contribution is -3.16. The number of ether oxygens (including phenoxy) is 1. The molecule has 0 aromatic rings. The van der Waals surface area contributed by atoms with Crippen LogP contribution in [0.1, 0.15) is 20.8 Å². The molecule has 0 aliphatic rings. The molecule has 0 aromatic carbocycles. The number of likely N-dealkylation sites (N-methyl/N-ethyl adjacent to an activating group) is 1. The van der Waals surface area contributed by atoms with Gasteiger partial charge in [0.2, 0.25) is 0 Å². The Bertz CT molecular complexity index is 177. The van der Waals surface area contributed by atoms with E-state index in [-0.39, 0.29) is 5.06 Å². The van der Waals surface area contributed by atoms with Gasteiger partial charge in [0.25, 0.3) is 0 Å². The first-order valence-electron chi connectivity index (χ1n) is 3.82. The topological polar surface area (TPSA) is 53.8 Å². The Hall–Kier alpha value is -0.870. The van der Waals surface area contributed by atoms with E-state index in [1.165, 1.54) is 0 Å². The van der Waals surface area contributed by atoms with Crippen molar-refractivity contribution in [1.82, 2.24) is 0 Å². The van der Waals surface area contributed by atoms with E-state index in [1.54, 1.807) is 20.8 Å². The summed E-state index contributed by atoms with van der Waals surface area (Å²) in [6.07, 6.45) is 1.03. The smallest absolute Gasteiger partial charge is 0.372 e. The van der Waals surface area contributed by atoms with E-state index < -0.39 is 11.5 Å². The maximum Gasteiger partial charge on any atom is 0.372 e. The molecule has 1 atom stereocenters. The van der Waals surface area contributed by atoms with Crippen molar-refractivity contribution in [1.29, 1.82) is 0 Å². The molecule has 4 nitrogen and oxygen atoms in total. The summed E-state index contributed by atoms with van der Waals surface area (Å²) < 4.78 is 4.53. The van der Waals surface area contributed by atoms with Crippen LogP contribution >= 0.6 is 0 Å². The zero-order chi connectivity index (χ0) is 9.78. The fraction of sp³-hybridized carbons (Fsp3) is 0.625. The summed E-state index contributed by atoms with van der Waals surface area (Å²) in [7, 11) is 0. The van der Waals surface area contributed by atoms with Gasteiger partial charge in [-0.05, 0) is 6.92 Å². The maximum absolute atomic E-state index is 11.2. The van der Waals surface area contributed by atoms with Crippen LogP contribution in [0.25, 0.3) is 0 Å². The van der Waals surface area contributed by atoms with Crippen LogP contribution in [0.15, 0.2) is 12.8 Å². The van der Waals surface area contributed by atoms with Crippen molar-refractivity contribution in [2.45, 2.75) is 26.3 Å². The standard InChI is InChI=1S/C8H15NO3/c1-5-9(11)8(3,4)7(10)12-6-2/h6,9H,2,5H2,1,3-4H3. The summed E-state index contributed by atoms with van der Waals surface area (Å²) >= 11 is 0. The highest BCUT2D eigenvalue weighted by molar-refractivity contribution is 5.78. The van der Waals surface area contributed by atoms with Crippen LogP contribution in [0, 0.1) is 5.21 Å². The minimum absolute atomic E-state index is 0.130. The van der Waals surface area contributed by atoms with Crippen LogP contribution in [0.2, 0.25) is 0 Å². The third-order valence-electron chi connectivity index (χ3n) is 1.72. The van der Waals surface area contributed by atoms with Crippen molar-refractivity contribution in [2.75, 3.05) is 6.54 Å². The quantitative estimate of drug-likeness (QED) is 0.365. The van der Waals surface area contributed by atoms with Crippen molar-refractivity contribution in [3.8, 4) is 0 Å². The predicted octanol–water partition coefficient (Wildman–Crippen LogP) is -0.146. The van der Waals surface area contributed by atoms with E-state index in [1.807, 2.05) is 0 Å². The molecule has 0 aromatic heterocycles. The molecule has 12 heavy (non-hydrogen) atoms. The maximum atomic E-state index is 11.2. The molecule has 0 bridgehead atoms. The third-order valence-corrected chi connectivity index (χ3v) is 1.72. The molecule has 0 aliphatic carbocycles. The molecular formula is C8H15NO3. The number of hydrogen-bond donors (Lipinski definition) is 1. The molecule has 0 spiro atoms. The first kappa shape index (κ1) is 11.1. The van der Waals surface area contributed by atoms with Crippen LogP contribution in [0.3, 0.4) is 0 Å². The van der Waals surface area contributed by atoms with Gasteiger partial charge in [-0.15, -0.1) is 0 Å². The Kier molecular flexibility index (Phi) is 3.92. The number of rotatable bonds is 4. The lowest BCUT2D eigenvalue weighted by Gasteiger charge is -2.34. The van der Waals surface area contributed by atoms with Crippen molar-refractivity contribution >= 4 is 5.97 Å². The van der Waals surface area contributed by atoms with Gasteiger partial charge in [-0.3, -0.25) is 0 Å². The molecular weight excluding hydrogens is 158 g/mol. The summed E-state index contributed by atoms with van der Waals surface area (Å²) in [5.41, 5.74) is -1.05. The first-order chi connectivity index (χ1) is 5.46. The molecule has 4 heteroatoms. The zero-order valence-electron chi connectivity index (χ0n) is 7.72. The first-order valence-corrected chi connectivity index (χ1v) is 3.82. The van der Waals surface area contributed by atoms with Gasteiger partial charge in [0, 0.05) is 13.8 Å². The molecule has 0 saturated heterocycles. The molecule has 0 rings (SSSR count). The normalized spacial score (nSPS) is 13.7. The Morgan fingerprint density at radius 1 is 1.75 bits per heavy atom. The second-order valence-electron chi connectivity index (χ2n) is 2.97. The van der Waals surface area contributed by atoms with Crippen LogP contribution in [-0.2, 0) is 9.53 Å². The average molecular weight is 173 g/mol. The second-order valence-corrected chi connectivity index (χ2v) is 2.97. The minimum atomic E-state index is -1.05. The minimum Gasteiger partial charge on any atom is -0.634 e. The van der Waals surface area contributed by atoms with Crippen molar-refractivity contribution in [3.05, 3.63) is 18.0 Å². The van der Waals surface area contributed by atoms with Gasteiger partial charge in [0.15, 0.2) is 5.54 Å². The van der Waals surface area contributed by atoms with Gasteiger partial charge in [-0.1, -0.05) is 6.58 Å². The fourth-order valence-electron chi connectivity index (χ4n) is 0.779. The molecule has 0 heterocycles. The van der Waals surface area contributed by atoms with E-state index in [4.69, 9.17) is 0 Å². The van der Waals surface area contributed by atoms with Crippen LogP contribution in [0.4, 0.5) is 0 Å². The number of carbonyl (C=O) groups is 1. The Morgan fingerprint density at radius 2 is 2.25 bits per heavy atom. The van der Waals surface area contributed by atoms with Gasteiger partial charge in [0.1, 0.15) is 0 Å². The second kappa shape index (κ2) is 4.23. The SMILES string of the molecule is C=COC(=O)C(C)(C)[NH+]([O-])CC. The van der Waals surface area contributed by atoms with Crippen molar-refractivity contribution in [2.24, 2.45) is 0 Å². The van der Waals surface area contributed by atoms with Crippen molar-refractivity contribution < 1.29 is 14.6 Å². The van der Waals surface area contributed by atoms with E-state index in [2.05, 4.69) is 11.3 Å². The van der Waals surface area contributed by atoms with Crippen LogP contribution < -0.4 is 5.06 Å². The highest BCUT2D eigenvalue weighted by Crippen LogP contribution is 1.99. The number of nitrogens with one attached hydrogen (secondary N) is 1. The molecule has 0 aliphatic heterocycles. The molecule has 0 fully saturated rings. The number of hydrogen-bond acceptors (Lipinski definition) is 3. The lowest BCUT2D eigenvalue weighted by molar-refractivity contribution is -0.888. The molecule has 1 unspecified atom stereocenters. The van der Waals surface area contributed by atoms with Gasteiger partial charge >= 0.3 is 5.97 Å². The predicted molar refractivity (Wildman–Crippen MR) is 45.2 cm³/mol. The monoisotopic (exact) mass is 173 g/mol. The van der Waals surface area contributed by atoms with Gasteiger partial charge in [-0.25, -0.2) is 4.79 Å². The van der Waals surface area contributed by atoms with E-state index >= 15 is 0 Å². The summed E-state index contributed by atoms with van der Waals surface area (Å²) in [5, 5.41) is 11.1. The Morgan fingerprint density at radius 3 is 2.58 bits per heavy atom. The fourth-order valence-corrected chi connectivity index (χ4v) is 0.779. The van der Waals surface area contributed by atoms with Gasteiger partial charge in [-0.2, -0.15) is 0 Å². The largest absolute Gasteiger partial charge is 0.634 e. The van der Waals surface area contributed by atoms with Crippen LogP contribution in [-0.4, -0.2) is 18.1 Å². The van der Waals surface area contributed by atoms with E-state index in [0.717, 1.165) is 6.26 Å². The molecule has 0 saturated carbocycles. The summed E-state index contributed by atoms with van der Waals surface area (Å²) in [5.74, 6) is -0.552. The Labute approximate surface area is 72.4 Å². The average Bonchev–Trinajstić information content (AvgIpc) is 2.03. The number of quaternary nitrogens is 1. The summed E-state index contributed by atoms with van der Waals surface area (Å²) in [6.45, 7) is 8.38. The highest BCUT2D eigenvalue weighted by atomic mass is 16.5. The van der Waals surface area contributed by atoms with Crippen LogP contribution in [0.5, 0.6) is 0 Å². The molecule has 1 N–H and O–H groups in total. The van der Waals surface area contributed by atoms with E-state index in [0.29, 0.717) is 6.54 Å². The van der Waals surface area contributed by atoms with Gasteiger partial charge in [0.05, 0.1) is 12.8 Å². The molecule has 0 amide bonds. The summed E-state index contributed by atoms with van der Waals surface area (Å²) in [6, 6.07) is 0. The lowest BCUT2D eigenvalue weighted by atomic mass is 10.1. The summed E-state index contributed by atoms with van der Waals surface area (Å²) in [4.78, 5) is 11.2. The van der Waals surface area contributed by atoms with E-state index in [9.17, 15) is 10.0 Å². The molecule has 70 valence electrons.